The van der Waals surface area contributed by atoms with Crippen molar-refractivity contribution in [2.75, 3.05) is 4.90 Å². The molecule has 51 heavy (non-hydrogen) atoms. The van der Waals surface area contributed by atoms with Crippen LogP contribution in [0.5, 0.6) is 0 Å². The Kier molecular flexibility index (Phi) is 7.56. The van der Waals surface area contributed by atoms with Gasteiger partial charge in [0.15, 0.2) is 17.5 Å². The van der Waals surface area contributed by atoms with Crippen molar-refractivity contribution >= 4 is 16.9 Å². The molecule has 1 aliphatic carbocycles. The summed E-state index contributed by atoms with van der Waals surface area (Å²) in [6.45, 7) is 0. The summed E-state index contributed by atoms with van der Waals surface area (Å²) in [4.78, 5) is 22.0. The fourth-order valence-electron chi connectivity index (χ4n) is 7.17. The summed E-state index contributed by atoms with van der Waals surface area (Å²) in [6.07, 6.45) is 10.5. The first-order valence-electron chi connectivity index (χ1n) is 16.9. The summed E-state index contributed by atoms with van der Waals surface area (Å²) >= 11 is 0. The van der Waals surface area contributed by atoms with Crippen LogP contribution >= 0.6 is 0 Å². The SMILES string of the molecule is N#Cc1cccc(C2=CC3c4ccccc4N(c4ccc(-c5ccncc5)cc4-c4nc(-c5ccccc5)nc(-c5ccccc5)n4)C3C=C2)c1. The standard InChI is InChI=1S/C45H30N6/c46-29-30-10-9-15-34(26-30)36-19-20-41-38(27-36)37-16-7-8-17-40(37)51(41)42-21-18-35(31-22-24-47-25-23-31)28-39(42)45-49-43(32-11-3-1-4-12-32)48-44(50-45)33-13-5-2-6-14-33/h1-28,38,41H. The summed E-state index contributed by atoms with van der Waals surface area (Å²) in [5.74, 6) is 1.92. The molecule has 0 radical (unpaired) electrons. The minimum Gasteiger partial charge on any atom is -0.333 e. The molecule has 2 aliphatic rings. The van der Waals surface area contributed by atoms with Gasteiger partial charge in [-0.25, -0.2) is 15.0 Å². The summed E-state index contributed by atoms with van der Waals surface area (Å²) in [5.41, 5.74) is 11.0. The van der Waals surface area contributed by atoms with Gasteiger partial charge in [0.1, 0.15) is 0 Å². The number of anilines is 2. The Morgan fingerprint density at radius 3 is 1.94 bits per heavy atom. The van der Waals surface area contributed by atoms with Crippen LogP contribution in [0.1, 0.15) is 22.6 Å². The third-order valence-electron chi connectivity index (χ3n) is 9.59. The van der Waals surface area contributed by atoms with Gasteiger partial charge in [0.25, 0.3) is 0 Å². The van der Waals surface area contributed by atoms with E-state index in [-0.39, 0.29) is 12.0 Å². The van der Waals surface area contributed by atoms with Crippen LogP contribution < -0.4 is 4.90 Å². The Hall–Kier alpha value is -6.97. The quantitative estimate of drug-likeness (QED) is 0.178. The number of allylic oxidation sites excluding steroid dienone is 2. The highest BCUT2D eigenvalue weighted by Gasteiger charge is 2.39. The molecule has 0 saturated carbocycles. The average Bonchev–Trinajstić information content (AvgIpc) is 3.55. The van der Waals surface area contributed by atoms with E-state index >= 15 is 0 Å². The lowest BCUT2D eigenvalue weighted by atomic mass is 9.86. The van der Waals surface area contributed by atoms with Gasteiger partial charge in [-0.15, -0.1) is 0 Å². The minimum atomic E-state index is 0.0137. The molecule has 0 bridgehead atoms. The van der Waals surface area contributed by atoms with E-state index in [0.717, 1.165) is 50.3 Å². The fraction of sp³-hybridized carbons (Fsp3) is 0.0444. The zero-order valence-electron chi connectivity index (χ0n) is 27.5. The molecule has 0 saturated heterocycles. The number of nitriles is 1. The molecule has 9 rings (SSSR count). The van der Waals surface area contributed by atoms with Gasteiger partial charge >= 0.3 is 0 Å². The molecule has 2 unspecified atom stereocenters. The number of pyridine rings is 1. The lowest BCUT2D eigenvalue weighted by Crippen LogP contribution is -2.29. The number of hydrogen-bond acceptors (Lipinski definition) is 6. The molecule has 2 atom stereocenters. The van der Waals surface area contributed by atoms with Crippen LogP contribution in [0.4, 0.5) is 11.4 Å². The van der Waals surface area contributed by atoms with E-state index in [1.54, 1.807) is 0 Å². The number of nitrogens with zero attached hydrogens (tertiary/aromatic N) is 6. The van der Waals surface area contributed by atoms with Crippen molar-refractivity contribution < 1.29 is 0 Å². The number of fused-ring (bicyclic) bond motifs is 3. The molecule has 3 heterocycles. The number of benzene rings is 5. The summed E-state index contributed by atoms with van der Waals surface area (Å²) in [7, 11) is 0. The molecule has 0 spiro atoms. The first kappa shape index (κ1) is 30.1. The van der Waals surface area contributed by atoms with Crippen molar-refractivity contribution in [3.63, 3.8) is 0 Å². The zero-order chi connectivity index (χ0) is 34.1. The third kappa shape index (κ3) is 5.57. The van der Waals surface area contributed by atoms with Crippen LogP contribution in [0.3, 0.4) is 0 Å². The maximum atomic E-state index is 9.57. The first-order chi connectivity index (χ1) is 25.2. The van der Waals surface area contributed by atoms with Gasteiger partial charge in [-0.1, -0.05) is 115 Å². The van der Waals surface area contributed by atoms with Crippen molar-refractivity contribution in [2.24, 2.45) is 0 Å². The predicted molar refractivity (Wildman–Crippen MR) is 203 cm³/mol. The van der Waals surface area contributed by atoms with Gasteiger partial charge in [0.2, 0.25) is 0 Å². The van der Waals surface area contributed by atoms with Crippen LogP contribution in [-0.2, 0) is 0 Å². The zero-order valence-corrected chi connectivity index (χ0v) is 27.5. The monoisotopic (exact) mass is 654 g/mol. The molecule has 5 aromatic carbocycles. The maximum Gasteiger partial charge on any atom is 0.166 e. The normalized spacial score (nSPS) is 15.8. The van der Waals surface area contributed by atoms with Gasteiger partial charge in [-0.3, -0.25) is 4.98 Å². The van der Waals surface area contributed by atoms with E-state index in [1.165, 1.54) is 5.56 Å². The van der Waals surface area contributed by atoms with Crippen molar-refractivity contribution in [3.8, 4) is 51.4 Å². The van der Waals surface area contributed by atoms with E-state index in [0.29, 0.717) is 23.0 Å². The number of rotatable bonds is 6. The molecule has 0 amide bonds. The Morgan fingerprint density at radius 2 is 1.22 bits per heavy atom. The highest BCUT2D eigenvalue weighted by molar-refractivity contribution is 5.89. The van der Waals surface area contributed by atoms with Gasteiger partial charge < -0.3 is 4.90 Å². The van der Waals surface area contributed by atoms with Crippen LogP contribution in [0.25, 0.3) is 50.9 Å². The summed E-state index contributed by atoms with van der Waals surface area (Å²) < 4.78 is 0. The highest BCUT2D eigenvalue weighted by atomic mass is 15.2. The molecule has 7 aromatic rings. The number of hydrogen-bond donors (Lipinski definition) is 0. The predicted octanol–water partition coefficient (Wildman–Crippen LogP) is 10.1. The number of aromatic nitrogens is 4. The van der Waals surface area contributed by atoms with Crippen molar-refractivity contribution in [3.05, 3.63) is 187 Å². The summed E-state index contributed by atoms with van der Waals surface area (Å²) in [6, 6.07) is 49.5. The molecule has 6 nitrogen and oxygen atoms in total. The van der Waals surface area contributed by atoms with E-state index < -0.39 is 0 Å². The van der Waals surface area contributed by atoms with E-state index in [2.05, 4.69) is 82.7 Å². The van der Waals surface area contributed by atoms with Crippen LogP contribution in [0.2, 0.25) is 0 Å². The third-order valence-corrected chi connectivity index (χ3v) is 9.59. The Bertz CT molecular complexity index is 2440. The van der Waals surface area contributed by atoms with Crippen LogP contribution in [-0.4, -0.2) is 26.0 Å². The van der Waals surface area contributed by atoms with E-state index in [4.69, 9.17) is 15.0 Å². The highest BCUT2D eigenvalue weighted by Crippen LogP contribution is 2.51. The van der Waals surface area contributed by atoms with Crippen molar-refractivity contribution in [1.29, 1.82) is 5.26 Å². The van der Waals surface area contributed by atoms with Crippen molar-refractivity contribution in [1.82, 2.24) is 19.9 Å². The lowest BCUT2D eigenvalue weighted by Gasteiger charge is -2.31. The molecular weight excluding hydrogens is 625 g/mol. The fourth-order valence-corrected chi connectivity index (χ4v) is 7.17. The second kappa shape index (κ2) is 12.8. The second-order valence-electron chi connectivity index (χ2n) is 12.6. The smallest absolute Gasteiger partial charge is 0.166 e. The molecule has 0 N–H and O–H groups in total. The molecule has 0 fully saturated rings. The van der Waals surface area contributed by atoms with Gasteiger partial charge in [-0.05, 0) is 70.3 Å². The van der Waals surface area contributed by atoms with E-state index in [1.807, 2.05) is 103 Å². The number of para-hydroxylation sites is 1. The molecular formula is C45H30N6. The molecule has 1 aliphatic heterocycles. The van der Waals surface area contributed by atoms with Crippen LogP contribution in [0, 0.1) is 11.3 Å². The average molecular weight is 655 g/mol. The van der Waals surface area contributed by atoms with Gasteiger partial charge in [-0.2, -0.15) is 5.26 Å². The topological polar surface area (TPSA) is 78.6 Å². The van der Waals surface area contributed by atoms with Crippen molar-refractivity contribution in [2.45, 2.75) is 12.0 Å². The van der Waals surface area contributed by atoms with Gasteiger partial charge in [0, 0.05) is 40.7 Å². The first-order valence-corrected chi connectivity index (χ1v) is 16.9. The minimum absolute atomic E-state index is 0.0137. The lowest BCUT2D eigenvalue weighted by molar-refractivity contribution is 0.747. The van der Waals surface area contributed by atoms with Gasteiger partial charge in [0.05, 0.1) is 23.4 Å². The maximum absolute atomic E-state index is 9.57. The molecule has 240 valence electrons. The Morgan fingerprint density at radius 1 is 0.549 bits per heavy atom. The molecule has 6 heteroatoms. The summed E-state index contributed by atoms with van der Waals surface area (Å²) in [5, 5.41) is 9.57. The Balaban J connectivity index is 1.24. The largest absolute Gasteiger partial charge is 0.333 e. The van der Waals surface area contributed by atoms with E-state index in [9.17, 15) is 5.26 Å². The van der Waals surface area contributed by atoms with Crippen LogP contribution in [0.15, 0.2) is 170 Å². The Labute approximate surface area is 296 Å². The molecule has 2 aromatic heterocycles. The second-order valence-corrected chi connectivity index (χ2v) is 12.6.